The van der Waals surface area contributed by atoms with E-state index in [1.54, 1.807) is 6.08 Å². The molecule has 3 aliphatic carbocycles. The minimum absolute atomic E-state index is 0.0134. The molecule has 2 unspecified atom stereocenters. The zero-order valence-corrected chi connectivity index (χ0v) is 10.6. The minimum atomic E-state index is -4.25. The number of alkyl halides is 3. The first-order valence-corrected chi connectivity index (χ1v) is 6.79. The molecule has 2 saturated carbocycles. The van der Waals surface area contributed by atoms with Crippen LogP contribution in [0.4, 0.5) is 13.2 Å². The highest BCUT2D eigenvalue weighted by Gasteiger charge is 2.65. The molecule has 2 atom stereocenters. The lowest BCUT2D eigenvalue weighted by Crippen LogP contribution is -2.30. The fraction of sp³-hybridized carbons (Fsp3) is 0.667. The molecule has 0 aromatic rings. The van der Waals surface area contributed by atoms with Gasteiger partial charge in [-0.25, -0.2) is 0 Å². The highest BCUT2D eigenvalue weighted by molar-refractivity contribution is 5.41. The lowest BCUT2D eigenvalue weighted by Gasteiger charge is -2.36. The molecule has 0 amide bonds. The molecule has 0 bridgehead atoms. The van der Waals surface area contributed by atoms with Gasteiger partial charge < -0.3 is 0 Å². The number of hydrogen-bond donors (Lipinski definition) is 0. The molecule has 0 heterocycles. The van der Waals surface area contributed by atoms with Crippen LogP contribution in [0.2, 0.25) is 0 Å². The second-order valence-electron chi connectivity index (χ2n) is 6.13. The summed E-state index contributed by atoms with van der Waals surface area (Å²) < 4.78 is 38.1. The van der Waals surface area contributed by atoms with Gasteiger partial charge in [-0.05, 0) is 30.6 Å². The molecular weight excluding hydrogens is 251 g/mol. The summed E-state index contributed by atoms with van der Waals surface area (Å²) in [7, 11) is 0. The summed E-state index contributed by atoms with van der Waals surface area (Å²) >= 11 is 0. The Balaban J connectivity index is 1.89. The molecule has 3 rings (SSSR count). The Bertz CT molecular complexity index is 489. The van der Waals surface area contributed by atoms with Gasteiger partial charge in [0.25, 0.3) is 0 Å². The molecule has 0 radical (unpaired) electrons. The van der Waals surface area contributed by atoms with Gasteiger partial charge in [-0.3, -0.25) is 0 Å². The van der Waals surface area contributed by atoms with Gasteiger partial charge in [-0.15, -0.1) is 0 Å². The number of nitriles is 1. The first-order valence-electron chi connectivity index (χ1n) is 6.79. The van der Waals surface area contributed by atoms with Gasteiger partial charge >= 0.3 is 6.18 Å². The molecule has 102 valence electrons. The average molecular weight is 267 g/mol. The molecule has 2 fully saturated rings. The fourth-order valence-corrected chi connectivity index (χ4v) is 4.20. The van der Waals surface area contributed by atoms with E-state index in [9.17, 15) is 13.2 Å². The lowest BCUT2D eigenvalue weighted by molar-refractivity contribution is -0.0889. The standard InChI is InChI=1S/C15H16F3N/c16-15(17,18)11-3-6-14(10-12(14)9-11)13(7-8-19)4-1-2-5-13/h3,6,9,12H,1-2,4-5,7,10H2. The molecule has 3 aliphatic rings. The first kappa shape index (κ1) is 12.8. The van der Waals surface area contributed by atoms with Crippen molar-refractivity contribution in [3.05, 3.63) is 23.8 Å². The van der Waals surface area contributed by atoms with Crippen molar-refractivity contribution >= 4 is 0 Å². The van der Waals surface area contributed by atoms with E-state index >= 15 is 0 Å². The molecule has 0 N–H and O–H groups in total. The average Bonchev–Trinajstić information content (AvgIpc) is 2.92. The van der Waals surface area contributed by atoms with Crippen LogP contribution in [0.25, 0.3) is 0 Å². The third kappa shape index (κ3) is 1.74. The van der Waals surface area contributed by atoms with Crippen LogP contribution in [0.15, 0.2) is 23.8 Å². The molecular formula is C15H16F3N. The van der Waals surface area contributed by atoms with Crippen LogP contribution in [-0.2, 0) is 0 Å². The summed E-state index contributed by atoms with van der Waals surface area (Å²) in [5.74, 6) is -0.0134. The second-order valence-corrected chi connectivity index (χ2v) is 6.13. The SMILES string of the molecule is N#CCC1(C23C=CC(C(F)(F)F)=CC2C3)CCCC1. The van der Waals surface area contributed by atoms with Crippen molar-refractivity contribution < 1.29 is 13.2 Å². The third-order valence-electron chi connectivity index (χ3n) is 5.29. The Labute approximate surface area is 110 Å². The number of allylic oxidation sites excluding steroid dienone is 4. The maximum absolute atomic E-state index is 12.7. The summed E-state index contributed by atoms with van der Waals surface area (Å²) in [6.45, 7) is 0. The van der Waals surface area contributed by atoms with Gasteiger partial charge in [0.1, 0.15) is 0 Å². The van der Waals surface area contributed by atoms with Gasteiger partial charge in [-0.1, -0.05) is 31.1 Å². The van der Waals surface area contributed by atoms with E-state index in [1.165, 1.54) is 12.2 Å². The van der Waals surface area contributed by atoms with Crippen LogP contribution in [0.1, 0.15) is 38.5 Å². The zero-order chi connectivity index (χ0) is 13.7. The van der Waals surface area contributed by atoms with E-state index in [0.717, 1.165) is 32.1 Å². The number of rotatable bonds is 2. The van der Waals surface area contributed by atoms with Crippen molar-refractivity contribution in [3.63, 3.8) is 0 Å². The maximum Gasteiger partial charge on any atom is 0.416 e. The van der Waals surface area contributed by atoms with Crippen LogP contribution in [0.5, 0.6) is 0 Å². The fourth-order valence-electron chi connectivity index (χ4n) is 4.20. The topological polar surface area (TPSA) is 23.8 Å². The monoisotopic (exact) mass is 267 g/mol. The molecule has 19 heavy (non-hydrogen) atoms. The van der Waals surface area contributed by atoms with E-state index in [2.05, 4.69) is 6.07 Å². The van der Waals surface area contributed by atoms with E-state index in [-0.39, 0.29) is 16.7 Å². The van der Waals surface area contributed by atoms with Crippen LogP contribution in [0.3, 0.4) is 0 Å². The summed E-state index contributed by atoms with van der Waals surface area (Å²) in [4.78, 5) is 0. The lowest BCUT2D eigenvalue weighted by atomic mass is 9.66. The van der Waals surface area contributed by atoms with Gasteiger partial charge in [0.15, 0.2) is 0 Å². The van der Waals surface area contributed by atoms with Crippen molar-refractivity contribution in [2.24, 2.45) is 16.7 Å². The van der Waals surface area contributed by atoms with E-state index < -0.39 is 11.7 Å². The largest absolute Gasteiger partial charge is 0.416 e. The second kappa shape index (κ2) is 3.88. The highest BCUT2D eigenvalue weighted by atomic mass is 19.4. The summed E-state index contributed by atoms with van der Waals surface area (Å²) in [6.07, 6.45) is 5.56. The predicted octanol–water partition coefficient (Wildman–Crippen LogP) is 4.53. The third-order valence-corrected chi connectivity index (χ3v) is 5.29. The first-order chi connectivity index (χ1) is 8.94. The Morgan fingerprint density at radius 1 is 1.32 bits per heavy atom. The van der Waals surface area contributed by atoms with E-state index in [1.807, 2.05) is 0 Å². The van der Waals surface area contributed by atoms with Gasteiger partial charge in [0.2, 0.25) is 0 Å². The van der Waals surface area contributed by atoms with Crippen LogP contribution in [0, 0.1) is 28.1 Å². The molecule has 0 aromatic heterocycles. The van der Waals surface area contributed by atoms with Crippen LogP contribution >= 0.6 is 0 Å². The quantitative estimate of drug-likeness (QED) is 0.721. The van der Waals surface area contributed by atoms with Crippen molar-refractivity contribution in [1.82, 2.24) is 0 Å². The van der Waals surface area contributed by atoms with Crippen LogP contribution < -0.4 is 0 Å². The Morgan fingerprint density at radius 3 is 2.53 bits per heavy atom. The normalized spacial score (nSPS) is 35.5. The van der Waals surface area contributed by atoms with Crippen molar-refractivity contribution in [3.8, 4) is 6.07 Å². The molecule has 4 heteroatoms. The molecule has 0 spiro atoms. The molecule has 1 nitrogen and oxygen atoms in total. The van der Waals surface area contributed by atoms with E-state index in [0.29, 0.717) is 6.42 Å². The Hall–Kier alpha value is -1.24. The zero-order valence-electron chi connectivity index (χ0n) is 10.6. The van der Waals surface area contributed by atoms with Gasteiger partial charge in [0, 0.05) is 11.8 Å². The number of halogens is 3. The van der Waals surface area contributed by atoms with Crippen LogP contribution in [-0.4, -0.2) is 6.18 Å². The smallest absolute Gasteiger partial charge is 0.198 e. The van der Waals surface area contributed by atoms with Gasteiger partial charge in [0.05, 0.1) is 11.6 Å². The number of fused-ring (bicyclic) bond motifs is 1. The predicted molar refractivity (Wildman–Crippen MR) is 64.9 cm³/mol. The summed E-state index contributed by atoms with van der Waals surface area (Å²) in [6, 6.07) is 2.26. The van der Waals surface area contributed by atoms with Crippen molar-refractivity contribution in [2.45, 2.75) is 44.7 Å². The Kier molecular flexibility index (Phi) is 2.61. The maximum atomic E-state index is 12.7. The minimum Gasteiger partial charge on any atom is -0.198 e. The van der Waals surface area contributed by atoms with E-state index in [4.69, 9.17) is 5.26 Å². The van der Waals surface area contributed by atoms with Gasteiger partial charge in [-0.2, -0.15) is 18.4 Å². The van der Waals surface area contributed by atoms with Crippen molar-refractivity contribution in [2.75, 3.05) is 0 Å². The highest BCUT2D eigenvalue weighted by Crippen LogP contribution is 2.72. The Morgan fingerprint density at radius 2 is 2.00 bits per heavy atom. The van der Waals surface area contributed by atoms with Crippen molar-refractivity contribution in [1.29, 1.82) is 5.26 Å². The summed E-state index contributed by atoms with van der Waals surface area (Å²) in [5.41, 5.74) is -0.749. The summed E-state index contributed by atoms with van der Waals surface area (Å²) in [5, 5.41) is 9.07. The number of hydrogen-bond acceptors (Lipinski definition) is 1. The molecule has 0 aliphatic heterocycles. The number of nitrogens with zero attached hydrogens (tertiary/aromatic N) is 1. The molecule has 0 saturated heterocycles. The molecule has 0 aromatic carbocycles.